The summed E-state index contributed by atoms with van der Waals surface area (Å²) in [5.74, 6) is 1.09. The van der Waals surface area contributed by atoms with Crippen molar-refractivity contribution < 1.29 is 4.79 Å². The Morgan fingerprint density at radius 2 is 2.00 bits per heavy atom. The smallest absolute Gasteiger partial charge is 0.136 e. The zero-order valence-electron chi connectivity index (χ0n) is 8.81. The van der Waals surface area contributed by atoms with Crippen molar-refractivity contribution in [2.75, 3.05) is 5.88 Å². The summed E-state index contributed by atoms with van der Waals surface area (Å²) in [5, 5.41) is 0. The van der Waals surface area contributed by atoms with E-state index in [9.17, 15) is 4.79 Å². The van der Waals surface area contributed by atoms with Crippen LogP contribution >= 0.6 is 11.6 Å². The Kier molecular flexibility index (Phi) is 16.6. The van der Waals surface area contributed by atoms with Crippen LogP contribution in [0.4, 0.5) is 0 Å². The number of alkyl halides is 1. The van der Waals surface area contributed by atoms with Crippen LogP contribution in [0.2, 0.25) is 0 Å². The van der Waals surface area contributed by atoms with Crippen molar-refractivity contribution in [2.24, 2.45) is 0 Å². The molecule has 1 nitrogen and oxygen atoms in total. The van der Waals surface area contributed by atoms with Gasteiger partial charge >= 0.3 is 0 Å². The zero-order valence-corrected chi connectivity index (χ0v) is 9.57. The van der Waals surface area contributed by atoms with Gasteiger partial charge in [0.2, 0.25) is 0 Å². The van der Waals surface area contributed by atoms with Crippen molar-refractivity contribution >= 4 is 17.4 Å². The number of allylic oxidation sites excluding steroid dienone is 1. The van der Waals surface area contributed by atoms with Crippen LogP contribution in [-0.2, 0) is 4.79 Å². The molecule has 0 bridgehead atoms. The highest BCUT2D eigenvalue weighted by molar-refractivity contribution is 6.17. The van der Waals surface area contributed by atoms with Gasteiger partial charge in [-0.25, -0.2) is 0 Å². The van der Waals surface area contributed by atoms with E-state index in [1.807, 2.05) is 6.92 Å². The molecule has 0 amide bonds. The van der Waals surface area contributed by atoms with Gasteiger partial charge in [-0.05, 0) is 6.42 Å². The minimum absolute atomic E-state index is 0.259. The van der Waals surface area contributed by atoms with Crippen LogP contribution in [0.3, 0.4) is 0 Å². The third-order valence-electron chi connectivity index (χ3n) is 1.50. The van der Waals surface area contributed by atoms with Crippen LogP contribution < -0.4 is 0 Å². The quantitative estimate of drug-likeness (QED) is 0.364. The van der Waals surface area contributed by atoms with Gasteiger partial charge in [-0.3, -0.25) is 4.79 Å². The molecule has 0 saturated carbocycles. The Bertz CT molecular complexity index is 117. The largest absolute Gasteiger partial charge is 0.299 e. The van der Waals surface area contributed by atoms with E-state index in [-0.39, 0.29) is 5.78 Å². The number of rotatable bonds is 6. The topological polar surface area (TPSA) is 17.1 Å². The van der Waals surface area contributed by atoms with Gasteiger partial charge in [0.05, 0.1) is 0 Å². The molecule has 0 aromatic heterocycles. The van der Waals surface area contributed by atoms with Gasteiger partial charge in [-0.2, -0.15) is 0 Å². The fourth-order valence-electron chi connectivity index (χ4n) is 0.650. The van der Waals surface area contributed by atoms with E-state index in [0.717, 1.165) is 5.88 Å². The molecule has 0 unspecified atom stereocenters. The summed E-state index contributed by atoms with van der Waals surface area (Å²) in [5.41, 5.74) is 0. The standard InChI is InChI=1S/C6H10O.C5H11Cl/c1-3-5-6(7)4-2;1-2-3-4-5-6/h3H,1,4-5H2,2H3;2-5H2,1H3. The molecule has 0 aliphatic rings. The van der Waals surface area contributed by atoms with E-state index >= 15 is 0 Å². The van der Waals surface area contributed by atoms with Gasteiger partial charge in [0.25, 0.3) is 0 Å². The molecule has 0 N–H and O–H groups in total. The Balaban J connectivity index is 0. The first-order valence-electron chi connectivity index (χ1n) is 4.91. The van der Waals surface area contributed by atoms with Crippen molar-refractivity contribution in [2.45, 2.75) is 46.0 Å². The van der Waals surface area contributed by atoms with Gasteiger partial charge in [0.1, 0.15) is 5.78 Å². The van der Waals surface area contributed by atoms with Crippen LogP contribution in [0.25, 0.3) is 0 Å². The molecule has 2 heteroatoms. The lowest BCUT2D eigenvalue weighted by Gasteiger charge is -1.84. The molecule has 0 aliphatic carbocycles. The summed E-state index contributed by atoms with van der Waals surface area (Å²) in [6.45, 7) is 7.45. The monoisotopic (exact) mass is 204 g/mol. The second-order valence-electron chi connectivity index (χ2n) is 2.78. The lowest BCUT2D eigenvalue weighted by molar-refractivity contribution is -0.117. The lowest BCUT2D eigenvalue weighted by Crippen LogP contribution is -1.89. The van der Waals surface area contributed by atoms with E-state index in [2.05, 4.69) is 13.5 Å². The van der Waals surface area contributed by atoms with Gasteiger partial charge in [-0.15, -0.1) is 18.2 Å². The Morgan fingerprint density at radius 3 is 2.15 bits per heavy atom. The molecule has 0 aromatic carbocycles. The fraction of sp³-hybridized carbons (Fsp3) is 0.727. The SMILES string of the molecule is C=CCC(=O)CC.CCCCCCl. The van der Waals surface area contributed by atoms with Crippen molar-refractivity contribution in [3.05, 3.63) is 12.7 Å². The Hall–Kier alpha value is -0.300. The molecular weight excluding hydrogens is 184 g/mol. The molecule has 0 aliphatic heterocycles. The van der Waals surface area contributed by atoms with Gasteiger partial charge < -0.3 is 0 Å². The van der Waals surface area contributed by atoms with Gasteiger partial charge in [0, 0.05) is 18.7 Å². The second kappa shape index (κ2) is 14.2. The highest BCUT2D eigenvalue weighted by Crippen LogP contribution is 1.93. The molecule has 0 rings (SSSR count). The minimum atomic E-state index is 0.259. The van der Waals surface area contributed by atoms with Gasteiger partial charge in [-0.1, -0.05) is 32.8 Å². The third kappa shape index (κ3) is 18.6. The third-order valence-corrected chi connectivity index (χ3v) is 1.77. The number of halogens is 1. The molecule has 0 atom stereocenters. The predicted molar refractivity (Wildman–Crippen MR) is 60.4 cm³/mol. The van der Waals surface area contributed by atoms with Crippen LogP contribution in [0.1, 0.15) is 46.0 Å². The fourth-order valence-corrected chi connectivity index (χ4v) is 0.839. The maximum atomic E-state index is 10.3. The van der Waals surface area contributed by atoms with E-state index in [0.29, 0.717) is 12.8 Å². The van der Waals surface area contributed by atoms with Gasteiger partial charge in [0.15, 0.2) is 0 Å². The van der Waals surface area contributed by atoms with Crippen LogP contribution in [0.15, 0.2) is 12.7 Å². The first-order chi connectivity index (χ1) is 6.22. The number of unbranched alkanes of at least 4 members (excludes halogenated alkanes) is 2. The zero-order chi connectivity index (χ0) is 10.5. The van der Waals surface area contributed by atoms with Crippen molar-refractivity contribution in [1.29, 1.82) is 0 Å². The number of ketones is 1. The molecule has 0 radical (unpaired) electrons. The van der Waals surface area contributed by atoms with Crippen LogP contribution in [0.5, 0.6) is 0 Å². The van der Waals surface area contributed by atoms with E-state index in [1.54, 1.807) is 6.08 Å². The maximum Gasteiger partial charge on any atom is 0.136 e. The Morgan fingerprint density at radius 1 is 1.38 bits per heavy atom. The summed E-state index contributed by atoms with van der Waals surface area (Å²) < 4.78 is 0. The average molecular weight is 205 g/mol. The number of hydrogen-bond acceptors (Lipinski definition) is 1. The maximum absolute atomic E-state index is 10.3. The van der Waals surface area contributed by atoms with E-state index in [4.69, 9.17) is 11.6 Å². The summed E-state index contributed by atoms with van der Waals surface area (Å²) in [4.78, 5) is 10.3. The highest BCUT2D eigenvalue weighted by atomic mass is 35.5. The summed E-state index contributed by atoms with van der Waals surface area (Å²) in [6, 6.07) is 0. The molecule has 0 aromatic rings. The minimum Gasteiger partial charge on any atom is -0.299 e. The molecular formula is C11H21ClO. The number of carbonyl (C=O) groups is 1. The first-order valence-corrected chi connectivity index (χ1v) is 5.44. The van der Waals surface area contributed by atoms with E-state index in [1.165, 1.54) is 19.3 Å². The van der Waals surface area contributed by atoms with Crippen molar-refractivity contribution in [3.8, 4) is 0 Å². The Labute approximate surface area is 87.2 Å². The predicted octanol–water partition coefficient (Wildman–Crippen LogP) is 3.96. The summed E-state index contributed by atoms with van der Waals surface area (Å²) in [6.07, 6.45) is 6.52. The van der Waals surface area contributed by atoms with Crippen LogP contribution in [0, 0.1) is 0 Å². The number of hydrogen-bond donors (Lipinski definition) is 0. The average Bonchev–Trinajstić information content (AvgIpc) is 2.16. The van der Waals surface area contributed by atoms with Crippen molar-refractivity contribution in [1.82, 2.24) is 0 Å². The lowest BCUT2D eigenvalue weighted by atomic mass is 10.2. The molecule has 13 heavy (non-hydrogen) atoms. The first kappa shape index (κ1) is 15.2. The number of Topliss-reactive ketones (excluding diaryl/α,β-unsaturated/α-hetero) is 1. The molecule has 78 valence electrons. The normalized spacial score (nSPS) is 8.54. The molecule has 0 fully saturated rings. The van der Waals surface area contributed by atoms with Crippen LogP contribution in [-0.4, -0.2) is 11.7 Å². The molecule has 0 saturated heterocycles. The summed E-state index contributed by atoms with van der Waals surface area (Å²) in [7, 11) is 0. The molecule has 0 heterocycles. The van der Waals surface area contributed by atoms with E-state index < -0.39 is 0 Å². The molecule has 0 spiro atoms. The summed E-state index contributed by atoms with van der Waals surface area (Å²) >= 11 is 5.38. The number of carbonyl (C=O) groups excluding carboxylic acids is 1. The second-order valence-corrected chi connectivity index (χ2v) is 3.16. The highest BCUT2D eigenvalue weighted by Gasteiger charge is 1.89. The van der Waals surface area contributed by atoms with Crippen molar-refractivity contribution in [3.63, 3.8) is 0 Å².